The molecule has 1 N–H and O–H groups in total. The predicted molar refractivity (Wildman–Crippen MR) is 59.0 cm³/mol. The fourth-order valence-electron chi connectivity index (χ4n) is 1.19. The van der Waals surface area contributed by atoms with Gasteiger partial charge in [0.1, 0.15) is 0 Å². The molecule has 4 nitrogen and oxygen atoms in total. The van der Waals surface area contributed by atoms with Gasteiger partial charge in [0, 0.05) is 12.6 Å². The van der Waals surface area contributed by atoms with Crippen LogP contribution < -0.4 is 4.72 Å². The summed E-state index contributed by atoms with van der Waals surface area (Å²) in [7, 11) is 1.82. The number of benzene rings is 1. The van der Waals surface area contributed by atoms with Crippen molar-refractivity contribution < 1.29 is 0 Å². The molecule has 0 bridgehead atoms. The highest BCUT2D eigenvalue weighted by molar-refractivity contribution is 7.81. The van der Waals surface area contributed by atoms with Gasteiger partial charge in [0.05, 0.1) is 0 Å². The number of anilines is 1. The highest BCUT2D eigenvalue weighted by Gasteiger charge is 2.06. The quantitative estimate of drug-likeness (QED) is 0.735. The van der Waals surface area contributed by atoms with E-state index in [1.54, 1.807) is 4.68 Å². The second-order valence-corrected chi connectivity index (χ2v) is 3.08. The third-order valence-electron chi connectivity index (χ3n) is 1.90. The molecule has 0 aliphatic carbocycles. The summed E-state index contributed by atoms with van der Waals surface area (Å²) in [6.07, 6.45) is 0. The average molecular weight is 206 g/mol. The molecule has 0 atom stereocenters. The van der Waals surface area contributed by atoms with Gasteiger partial charge < -0.3 is 4.72 Å². The summed E-state index contributed by atoms with van der Waals surface area (Å²) >= 11 is 3.93. The number of thiol groups is 1. The van der Waals surface area contributed by atoms with Gasteiger partial charge in [0.25, 0.3) is 0 Å². The summed E-state index contributed by atoms with van der Waals surface area (Å²) < 4.78 is 4.32. The summed E-state index contributed by atoms with van der Waals surface area (Å²) in [5.41, 5.74) is 0.998. The Morgan fingerprint density at radius 2 is 2.00 bits per heavy atom. The van der Waals surface area contributed by atoms with E-state index in [1.165, 1.54) is 0 Å². The van der Waals surface area contributed by atoms with Gasteiger partial charge >= 0.3 is 0 Å². The van der Waals surface area contributed by atoms with Gasteiger partial charge in [-0.3, -0.25) is 0 Å². The van der Waals surface area contributed by atoms with Crippen molar-refractivity contribution >= 4 is 18.8 Å². The van der Waals surface area contributed by atoms with E-state index < -0.39 is 0 Å². The summed E-state index contributed by atoms with van der Waals surface area (Å²) in [5.74, 6) is 1.33. The normalized spacial score (nSPS) is 10.1. The lowest BCUT2D eigenvalue weighted by Crippen LogP contribution is -1.95. The van der Waals surface area contributed by atoms with Crippen LogP contribution in [0, 0.1) is 0 Å². The number of aryl methyl sites for hydroxylation is 1. The Hall–Kier alpha value is -1.49. The summed E-state index contributed by atoms with van der Waals surface area (Å²) in [5, 5.41) is 4.25. The van der Waals surface area contributed by atoms with Crippen molar-refractivity contribution in [3.63, 3.8) is 0 Å². The molecule has 0 spiro atoms. The summed E-state index contributed by atoms with van der Waals surface area (Å²) in [6.45, 7) is 0. The number of nitrogens with zero attached hydrogens (tertiary/aromatic N) is 3. The zero-order valence-electron chi connectivity index (χ0n) is 7.68. The Bertz CT molecular complexity index is 424. The highest BCUT2D eigenvalue weighted by Crippen LogP contribution is 2.16. The van der Waals surface area contributed by atoms with Crippen LogP contribution in [0.3, 0.4) is 0 Å². The van der Waals surface area contributed by atoms with Gasteiger partial charge in [-0.25, -0.2) is 4.68 Å². The molecule has 0 radical (unpaired) electrons. The van der Waals surface area contributed by atoms with E-state index in [0.717, 1.165) is 5.56 Å². The van der Waals surface area contributed by atoms with Gasteiger partial charge in [-0.05, 0) is 0 Å². The molecule has 0 unspecified atom stereocenters. The Kier molecular flexibility index (Phi) is 2.41. The van der Waals surface area contributed by atoms with Crippen LogP contribution in [-0.4, -0.2) is 14.8 Å². The number of aromatic nitrogens is 3. The Balaban J connectivity index is 2.43. The van der Waals surface area contributed by atoms with E-state index in [4.69, 9.17) is 0 Å². The molecule has 0 aliphatic heterocycles. The maximum absolute atomic E-state index is 4.26. The van der Waals surface area contributed by atoms with Crippen molar-refractivity contribution in [3.05, 3.63) is 30.3 Å². The van der Waals surface area contributed by atoms with Crippen molar-refractivity contribution in [2.24, 2.45) is 7.05 Å². The molecule has 1 aromatic heterocycles. The molecule has 2 aromatic rings. The first-order chi connectivity index (χ1) is 6.81. The second-order valence-electron chi connectivity index (χ2n) is 2.86. The van der Waals surface area contributed by atoms with Crippen LogP contribution >= 0.6 is 12.8 Å². The van der Waals surface area contributed by atoms with Crippen LogP contribution in [0.2, 0.25) is 0 Å². The molecule has 2 rings (SSSR count). The van der Waals surface area contributed by atoms with E-state index in [2.05, 4.69) is 27.6 Å². The minimum atomic E-state index is 0.632. The average Bonchev–Trinajstić information content (AvgIpc) is 2.61. The zero-order valence-corrected chi connectivity index (χ0v) is 8.57. The van der Waals surface area contributed by atoms with E-state index in [9.17, 15) is 0 Å². The smallest absolute Gasteiger partial charge is 0.231 e. The molecule has 1 heterocycles. The van der Waals surface area contributed by atoms with Gasteiger partial charge in [0.2, 0.25) is 5.95 Å². The molecule has 0 aliphatic rings. The van der Waals surface area contributed by atoms with Crippen LogP contribution in [-0.2, 0) is 7.05 Å². The number of rotatable bonds is 2. The molecule has 72 valence electrons. The Morgan fingerprint density at radius 1 is 1.29 bits per heavy atom. The van der Waals surface area contributed by atoms with Gasteiger partial charge in [-0.1, -0.05) is 43.1 Å². The lowest BCUT2D eigenvalue weighted by Gasteiger charge is -1.92. The van der Waals surface area contributed by atoms with Crippen molar-refractivity contribution in [2.45, 2.75) is 0 Å². The predicted octanol–water partition coefficient (Wildman–Crippen LogP) is 1.74. The van der Waals surface area contributed by atoms with Crippen LogP contribution in [0.25, 0.3) is 11.4 Å². The van der Waals surface area contributed by atoms with Crippen molar-refractivity contribution in [1.82, 2.24) is 14.8 Å². The minimum absolute atomic E-state index is 0.632. The molecule has 0 amide bonds. The molecule has 1 aromatic carbocycles. The molecular weight excluding hydrogens is 196 g/mol. The monoisotopic (exact) mass is 206 g/mol. The molecule has 5 heteroatoms. The first-order valence-electron chi connectivity index (χ1n) is 4.18. The zero-order chi connectivity index (χ0) is 9.97. The van der Waals surface area contributed by atoms with E-state index in [1.807, 2.05) is 37.4 Å². The standard InChI is InChI=1S/C9H10N4S/c1-13-9(12-14)10-8(11-13)7-5-3-2-4-6-7/h2-6,14H,1H3,(H,10,11,12). The Labute approximate surface area is 87.5 Å². The van der Waals surface area contributed by atoms with Crippen LogP contribution in [0.5, 0.6) is 0 Å². The third-order valence-corrected chi connectivity index (χ3v) is 2.10. The minimum Gasteiger partial charge on any atom is -0.301 e. The fourth-order valence-corrected chi connectivity index (χ4v) is 1.39. The third kappa shape index (κ3) is 1.58. The molecule has 14 heavy (non-hydrogen) atoms. The first kappa shape index (κ1) is 9.08. The molecule has 0 saturated carbocycles. The number of hydrogen-bond donors (Lipinski definition) is 2. The van der Waals surface area contributed by atoms with Crippen molar-refractivity contribution in [1.29, 1.82) is 0 Å². The van der Waals surface area contributed by atoms with Gasteiger partial charge in [0.15, 0.2) is 5.82 Å². The topological polar surface area (TPSA) is 42.7 Å². The van der Waals surface area contributed by atoms with Crippen molar-refractivity contribution in [3.8, 4) is 11.4 Å². The largest absolute Gasteiger partial charge is 0.301 e. The van der Waals surface area contributed by atoms with E-state index in [-0.39, 0.29) is 0 Å². The van der Waals surface area contributed by atoms with Crippen molar-refractivity contribution in [2.75, 3.05) is 4.72 Å². The number of hydrogen-bond acceptors (Lipinski definition) is 4. The summed E-state index contributed by atoms with van der Waals surface area (Å²) in [4.78, 5) is 4.26. The van der Waals surface area contributed by atoms with Gasteiger partial charge in [-0.2, -0.15) is 4.98 Å². The molecular formula is C9H10N4S. The van der Waals surface area contributed by atoms with Crippen LogP contribution in [0.15, 0.2) is 30.3 Å². The number of nitrogens with one attached hydrogen (secondary N) is 1. The molecule has 0 fully saturated rings. The lowest BCUT2D eigenvalue weighted by atomic mass is 10.2. The van der Waals surface area contributed by atoms with E-state index >= 15 is 0 Å². The van der Waals surface area contributed by atoms with Crippen LogP contribution in [0.1, 0.15) is 0 Å². The molecule has 0 saturated heterocycles. The maximum Gasteiger partial charge on any atom is 0.231 e. The Morgan fingerprint density at radius 3 is 2.57 bits per heavy atom. The maximum atomic E-state index is 4.26. The fraction of sp³-hybridized carbons (Fsp3) is 0.111. The van der Waals surface area contributed by atoms with Gasteiger partial charge in [-0.15, -0.1) is 5.10 Å². The van der Waals surface area contributed by atoms with Crippen LogP contribution in [0.4, 0.5) is 5.95 Å². The SMILES string of the molecule is Cn1nc(-c2ccccc2)nc1NS. The first-order valence-corrected chi connectivity index (χ1v) is 4.62. The van der Waals surface area contributed by atoms with E-state index in [0.29, 0.717) is 11.8 Å². The highest BCUT2D eigenvalue weighted by atomic mass is 32.1. The second kappa shape index (κ2) is 3.71. The summed E-state index contributed by atoms with van der Waals surface area (Å²) in [6, 6.07) is 9.82. The lowest BCUT2D eigenvalue weighted by molar-refractivity contribution is 0.781.